The number of nitrogens with one attached hydrogen (secondary N) is 1. The lowest BCUT2D eigenvalue weighted by molar-refractivity contribution is 0.122. The van der Waals surface area contributed by atoms with Crippen LogP contribution in [0.3, 0.4) is 0 Å². The molecule has 8 heteroatoms. The highest BCUT2D eigenvalue weighted by Crippen LogP contribution is 2.24. The predicted molar refractivity (Wildman–Crippen MR) is 103 cm³/mol. The van der Waals surface area contributed by atoms with Crippen molar-refractivity contribution in [1.29, 1.82) is 0 Å². The molecule has 136 valence electrons. The van der Waals surface area contributed by atoms with Crippen molar-refractivity contribution in [1.82, 2.24) is 19.6 Å². The number of aromatic nitrogens is 4. The Morgan fingerprint density at radius 3 is 2.96 bits per heavy atom. The van der Waals surface area contributed by atoms with Crippen LogP contribution in [0.1, 0.15) is 5.56 Å². The third kappa shape index (κ3) is 3.04. The molecule has 1 aliphatic rings. The predicted octanol–water partition coefficient (Wildman–Crippen LogP) is 3.33. The van der Waals surface area contributed by atoms with Crippen LogP contribution < -0.4 is 4.90 Å². The number of morpholine rings is 1. The van der Waals surface area contributed by atoms with Crippen molar-refractivity contribution in [3.8, 4) is 0 Å². The van der Waals surface area contributed by atoms with E-state index >= 15 is 0 Å². The fraction of sp³-hybridized carbons (Fsp3) is 0.263. The highest BCUT2D eigenvalue weighted by molar-refractivity contribution is 5.82. The minimum Gasteiger partial charge on any atom is -0.378 e. The van der Waals surface area contributed by atoms with Gasteiger partial charge in [0.2, 0.25) is 0 Å². The second kappa shape index (κ2) is 6.81. The Morgan fingerprint density at radius 2 is 2.04 bits per heavy atom. The first-order chi connectivity index (χ1) is 13.4. The van der Waals surface area contributed by atoms with Crippen LogP contribution in [0.25, 0.3) is 16.6 Å². The van der Waals surface area contributed by atoms with Gasteiger partial charge in [0.1, 0.15) is 5.82 Å². The van der Waals surface area contributed by atoms with Crippen molar-refractivity contribution in [2.75, 3.05) is 31.2 Å². The van der Waals surface area contributed by atoms with Crippen molar-refractivity contribution >= 4 is 28.2 Å². The molecular formula is C19H19N7O. The van der Waals surface area contributed by atoms with Gasteiger partial charge in [-0.2, -0.15) is 14.7 Å². The summed E-state index contributed by atoms with van der Waals surface area (Å²) in [6.45, 7) is 3.57. The van der Waals surface area contributed by atoms with Crippen LogP contribution in [0.2, 0.25) is 0 Å². The largest absolute Gasteiger partial charge is 0.378 e. The van der Waals surface area contributed by atoms with Gasteiger partial charge < -0.3 is 14.6 Å². The van der Waals surface area contributed by atoms with Crippen LogP contribution in [0.15, 0.2) is 59.0 Å². The Kier molecular flexibility index (Phi) is 4.02. The van der Waals surface area contributed by atoms with E-state index in [9.17, 15) is 0 Å². The Labute approximate surface area is 155 Å². The molecule has 1 aliphatic heterocycles. The SMILES string of the molecule is c1ccc2c(CN=Nc3cc(N4CCOCC4)n4nccc4n3)c[nH]c2c1. The lowest BCUT2D eigenvalue weighted by Crippen LogP contribution is -2.37. The smallest absolute Gasteiger partial charge is 0.179 e. The summed E-state index contributed by atoms with van der Waals surface area (Å²) in [5, 5.41) is 14.3. The molecule has 1 aromatic carbocycles. The summed E-state index contributed by atoms with van der Waals surface area (Å²) in [6, 6.07) is 12.0. The molecule has 1 fully saturated rings. The fourth-order valence-electron chi connectivity index (χ4n) is 3.40. The highest BCUT2D eigenvalue weighted by Gasteiger charge is 2.16. The first-order valence-corrected chi connectivity index (χ1v) is 8.98. The maximum Gasteiger partial charge on any atom is 0.179 e. The van der Waals surface area contributed by atoms with Crippen LogP contribution in [-0.2, 0) is 11.3 Å². The monoisotopic (exact) mass is 361 g/mol. The topological polar surface area (TPSA) is 83.2 Å². The molecule has 0 amide bonds. The average Bonchev–Trinajstić information content (AvgIpc) is 3.35. The maximum atomic E-state index is 5.45. The van der Waals surface area contributed by atoms with Gasteiger partial charge in [-0.15, -0.1) is 5.11 Å². The quantitative estimate of drug-likeness (QED) is 0.565. The van der Waals surface area contributed by atoms with E-state index in [1.54, 1.807) is 6.20 Å². The summed E-state index contributed by atoms with van der Waals surface area (Å²) < 4.78 is 7.29. The van der Waals surface area contributed by atoms with E-state index < -0.39 is 0 Å². The van der Waals surface area contributed by atoms with Gasteiger partial charge in [0, 0.05) is 47.9 Å². The minimum atomic E-state index is 0.503. The van der Waals surface area contributed by atoms with Crippen molar-refractivity contribution < 1.29 is 4.74 Å². The number of azo groups is 1. The Bertz CT molecular complexity index is 1110. The molecule has 8 nitrogen and oxygen atoms in total. The third-order valence-corrected chi connectivity index (χ3v) is 4.75. The summed E-state index contributed by atoms with van der Waals surface area (Å²) in [4.78, 5) is 10.0. The van der Waals surface area contributed by atoms with Gasteiger partial charge in [-0.3, -0.25) is 0 Å². The molecule has 1 N–H and O–H groups in total. The zero-order valence-electron chi connectivity index (χ0n) is 14.7. The Morgan fingerprint density at radius 1 is 1.15 bits per heavy atom. The molecule has 0 spiro atoms. The van der Waals surface area contributed by atoms with Crippen LogP contribution in [0.4, 0.5) is 11.6 Å². The second-order valence-electron chi connectivity index (χ2n) is 6.43. The van der Waals surface area contributed by atoms with Crippen LogP contribution in [0.5, 0.6) is 0 Å². The lowest BCUT2D eigenvalue weighted by Gasteiger charge is -2.28. The van der Waals surface area contributed by atoms with Crippen molar-refractivity contribution in [2.45, 2.75) is 6.54 Å². The Balaban J connectivity index is 1.43. The van der Waals surface area contributed by atoms with Gasteiger partial charge in [0.15, 0.2) is 11.5 Å². The number of aromatic amines is 1. The van der Waals surface area contributed by atoms with Gasteiger partial charge in [0.05, 0.1) is 26.0 Å². The lowest BCUT2D eigenvalue weighted by atomic mass is 10.2. The molecule has 0 unspecified atom stereocenters. The number of para-hydroxylation sites is 1. The van der Waals surface area contributed by atoms with Crippen molar-refractivity contribution in [3.05, 3.63) is 54.4 Å². The van der Waals surface area contributed by atoms with Gasteiger partial charge in [0.25, 0.3) is 0 Å². The number of hydrogen-bond acceptors (Lipinski definition) is 6. The average molecular weight is 361 g/mol. The standard InChI is InChI=1S/C19H19N7O/c1-2-4-16-15(3-1)14(12-20-16)13-21-24-17-11-19(25-7-9-27-10-8-25)26-18(23-17)5-6-22-26/h1-6,11-12,20H,7-10,13H2. The molecule has 0 bridgehead atoms. The summed E-state index contributed by atoms with van der Waals surface area (Å²) in [6.07, 6.45) is 3.73. The van der Waals surface area contributed by atoms with Crippen LogP contribution in [0, 0.1) is 0 Å². The van der Waals surface area contributed by atoms with Crippen molar-refractivity contribution in [2.24, 2.45) is 10.2 Å². The number of benzene rings is 1. The number of H-pyrrole nitrogens is 1. The zero-order chi connectivity index (χ0) is 18.1. The van der Waals surface area contributed by atoms with Gasteiger partial charge in [-0.25, -0.2) is 4.98 Å². The highest BCUT2D eigenvalue weighted by atomic mass is 16.5. The molecule has 0 saturated carbocycles. The molecule has 0 atom stereocenters. The molecular weight excluding hydrogens is 342 g/mol. The number of fused-ring (bicyclic) bond motifs is 2. The number of hydrogen-bond donors (Lipinski definition) is 1. The molecule has 4 aromatic rings. The van der Waals surface area contributed by atoms with E-state index in [0.29, 0.717) is 25.6 Å². The van der Waals surface area contributed by atoms with E-state index in [0.717, 1.165) is 35.6 Å². The number of rotatable bonds is 4. The first-order valence-electron chi connectivity index (χ1n) is 8.98. The summed E-state index contributed by atoms with van der Waals surface area (Å²) in [7, 11) is 0. The molecule has 4 heterocycles. The van der Waals surface area contributed by atoms with Crippen LogP contribution >= 0.6 is 0 Å². The van der Waals surface area contributed by atoms with Crippen LogP contribution in [-0.4, -0.2) is 45.9 Å². The van der Waals surface area contributed by atoms with E-state index in [-0.39, 0.29) is 0 Å². The van der Waals surface area contributed by atoms with Gasteiger partial charge in [-0.1, -0.05) is 18.2 Å². The summed E-state index contributed by atoms with van der Waals surface area (Å²) in [5.74, 6) is 1.55. The van der Waals surface area contributed by atoms with E-state index in [1.165, 1.54) is 5.39 Å². The molecule has 0 aliphatic carbocycles. The van der Waals surface area contributed by atoms with Gasteiger partial charge >= 0.3 is 0 Å². The molecule has 3 aromatic heterocycles. The molecule has 5 rings (SSSR count). The van der Waals surface area contributed by atoms with Gasteiger partial charge in [-0.05, 0) is 6.07 Å². The maximum absolute atomic E-state index is 5.45. The summed E-state index contributed by atoms with van der Waals surface area (Å²) >= 11 is 0. The zero-order valence-corrected chi connectivity index (χ0v) is 14.7. The molecule has 27 heavy (non-hydrogen) atoms. The molecule has 0 radical (unpaired) electrons. The second-order valence-corrected chi connectivity index (χ2v) is 6.43. The first kappa shape index (κ1) is 16.0. The fourth-order valence-corrected chi connectivity index (χ4v) is 3.40. The minimum absolute atomic E-state index is 0.503. The van der Waals surface area contributed by atoms with E-state index in [1.807, 2.05) is 35.0 Å². The van der Waals surface area contributed by atoms with E-state index in [4.69, 9.17) is 4.74 Å². The normalized spacial score (nSPS) is 15.3. The third-order valence-electron chi connectivity index (χ3n) is 4.75. The number of nitrogens with zero attached hydrogens (tertiary/aromatic N) is 6. The number of ether oxygens (including phenoxy) is 1. The number of anilines is 1. The molecule has 1 saturated heterocycles. The van der Waals surface area contributed by atoms with Crippen molar-refractivity contribution in [3.63, 3.8) is 0 Å². The Hall–Kier alpha value is -3.26. The summed E-state index contributed by atoms with van der Waals surface area (Å²) in [5.41, 5.74) is 2.99. The van der Waals surface area contributed by atoms with E-state index in [2.05, 4.69) is 42.3 Å².